The monoisotopic (exact) mass is 1870 g/mol. The van der Waals surface area contributed by atoms with Gasteiger partial charge in [-0.1, -0.05) is 291 Å². The second-order valence-electron chi connectivity index (χ2n) is 30.4. The Morgan fingerprint density at radius 2 is 0.541 bits per heavy atom. The molecule has 0 amide bonds. The molecule has 1 fully saturated rings. The van der Waals surface area contributed by atoms with E-state index in [1.54, 1.807) is 24.3 Å². The number of nitriles is 2. The van der Waals surface area contributed by atoms with Gasteiger partial charge in [-0.25, -0.2) is 76.2 Å². The van der Waals surface area contributed by atoms with Crippen molar-refractivity contribution in [2.24, 2.45) is 0 Å². The van der Waals surface area contributed by atoms with Gasteiger partial charge in [0.15, 0.2) is 64.1 Å². The van der Waals surface area contributed by atoms with E-state index >= 15 is 4.39 Å². The van der Waals surface area contributed by atoms with Crippen molar-refractivity contribution in [1.29, 1.82) is 10.5 Å². The van der Waals surface area contributed by atoms with Crippen molar-refractivity contribution < 1.29 is 45.7 Å². The van der Waals surface area contributed by atoms with E-state index in [4.69, 9.17) is 71.0 Å². The maximum absolute atomic E-state index is 15.0. The second-order valence-corrected chi connectivity index (χ2v) is 32.0. The van der Waals surface area contributed by atoms with Crippen LogP contribution < -0.4 is 10.9 Å². The molecule has 1 aliphatic rings. The van der Waals surface area contributed by atoms with Crippen molar-refractivity contribution in [3.8, 4) is 149 Å². The van der Waals surface area contributed by atoms with E-state index in [1.807, 2.05) is 276 Å². The molecule has 0 radical (unpaired) electrons. The van der Waals surface area contributed by atoms with Crippen molar-refractivity contribution >= 4 is 71.6 Å². The minimum Gasteiger partial charge on any atom is -0.423 e. The maximum Gasteiger partial charge on any atom is 0.497 e. The highest BCUT2D eigenvalue weighted by molar-refractivity contribution is 6.62. The van der Waals surface area contributed by atoms with Gasteiger partial charge in [0.05, 0.1) is 51.2 Å². The Bertz CT molecular complexity index is 6820. The van der Waals surface area contributed by atoms with Gasteiger partial charge >= 0.3 is 14.2 Å². The summed E-state index contributed by atoms with van der Waals surface area (Å²) in [5.41, 5.74) is 7.94. The normalized spacial score (nSPS) is 11.8. The minimum atomic E-state index is -1.74. The largest absolute Gasteiger partial charge is 0.497 e. The summed E-state index contributed by atoms with van der Waals surface area (Å²) in [7, 11) is -2.45. The van der Waals surface area contributed by atoms with Crippen molar-refractivity contribution in [2.75, 3.05) is 0 Å². The van der Waals surface area contributed by atoms with Gasteiger partial charge in [-0.15, -0.1) is 0 Å². The van der Waals surface area contributed by atoms with Crippen molar-refractivity contribution in [3.05, 3.63) is 418 Å². The lowest BCUT2D eigenvalue weighted by molar-refractivity contribution is 0.00578. The van der Waals surface area contributed by atoms with Gasteiger partial charge in [-0.3, -0.25) is 0 Å². The molecule has 19 rings (SSSR count). The fraction of sp³-hybridized carbons (Fsp3) is 0.0667. The molecule has 0 aliphatic carbocycles. The van der Waals surface area contributed by atoms with Crippen LogP contribution in [0.3, 0.4) is 0 Å². The lowest BCUT2D eigenvalue weighted by Crippen LogP contribution is -2.41. The molecular weight excluding hydrogens is 1800 g/mol. The van der Waals surface area contributed by atoms with Crippen LogP contribution in [0.2, 0.25) is 20.4 Å². The van der Waals surface area contributed by atoms with Crippen LogP contribution in [0.25, 0.3) is 136 Å². The van der Waals surface area contributed by atoms with E-state index in [0.29, 0.717) is 78.3 Å². The van der Waals surface area contributed by atoms with Crippen LogP contribution in [0.15, 0.2) is 352 Å². The highest BCUT2D eigenvalue weighted by atomic mass is 35.5. The third-order valence-corrected chi connectivity index (χ3v) is 21.4. The SMILES string of the molecule is C.CC1(C)OB(c2cc(Cl)ccc2F)OC1(C)C.Clc1nc(-c2ccccc2)nc(-c2ccccc2)n1.Fc1ccc(Cl)cc1-c1nc(-c2ccccc2)nc(-c2ccccc2)n1.Fc1ccc(Cl)cc1-c1nc(-c2ccccc2)nc(-c2ccccc2)n1.N#Cc1cc(F)cc(-c2ccc(F)c(-c3nc(-c4ccccc4)nc(-c4ccccc4)n3)c2)c1.N#Cc1cc(F)cc(B(O)O)c1. The van der Waals surface area contributed by atoms with Crippen LogP contribution in [0.1, 0.15) is 46.2 Å². The highest BCUT2D eigenvalue weighted by Gasteiger charge is 2.52. The first-order valence-electron chi connectivity index (χ1n) is 41.1. The molecule has 1 aliphatic heterocycles. The minimum absolute atomic E-state index is 0. The highest BCUT2D eigenvalue weighted by Crippen LogP contribution is 2.39. The molecule has 0 bridgehead atoms. The molecule has 135 heavy (non-hydrogen) atoms. The Hall–Kier alpha value is -15.2. The molecule has 30 heteroatoms. The second kappa shape index (κ2) is 45.3. The summed E-state index contributed by atoms with van der Waals surface area (Å²) < 4.78 is 95.6. The molecule has 5 heterocycles. The van der Waals surface area contributed by atoms with E-state index in [9.17, 15) is 27.2 Å². The standard InChI is InChI=1S/C28H16F2N4.2C21H13ClFN3.C15H10ClN3.C12H15BClFO2.C7H5BFNO2.CH4/c29-23-14-18(17-31)13-22(15-23)21-11-12-25(30)24(16-21)28-33-26(19-7-3-1-4-8-19)32-27(34-28)20-9-5-2-6-10-20;2*22-16-11-12-18(23)17(13-16)21-25-19(14-7-3-1-4-8-14)24-20(26-21)15-9-5-2-6-10-15;16-15-18-13(11-7-3-1-4-8-11)17-14(19-15)12-9-5-2-6-10-12;1-11(2)12(3,4)17-13(16-11)9-7-8(14)5-6-10(9)15;9-7-2-5(4-10)1-6(3-7)8(11)12;/h1-16H;2*1-13H;1-10H;5-7H,1-4H3;1-3,11-12H;1H4. The van der Waals surface area contributed by atoms with Crippen molar-refractivity contribution in [1.82, 2.24) is 59.8 Å². The topological polar surface area (TPSA) is 261 Å². The Balaban J connectivity index is 0.000000141. The number of nitrogens with zero attached hydrogens (tertiary/aromatic N) is 14. The van der Waals surface area contributed by atoms with Gasteiger partial charge in [0.2, 0.25) is 5.28 Å². The number of aromatic nitrogens is 12. The van der Waals surface area contributed by atoms with Crippen LogP contribution in [-0.2, 0) is 9.31 Å². The van der Waals surface area contributed by atoms with E-state index in [-0.39, 0.29) is 69.3 Å². The molecule has 1 saturated heterocycles. The Kier molecular flexibility index (Phi) is 32.7. The van der Waals surface area contributed by atoms with Gasteiger partial charge in [0.25, 0.3) is 0 Å². The lowest BCUT2D eigenvalue weighted by atomic mass is 9.79. The van der Waals surface area contributed by atoms with Crippen LogP contribution in [-0.4, -0.2) is 95.3 Å². The van der Waals surface area contributed by atoms with Crippen LogP contribution in [0, 0.1) is 57.6 Å². The number of halogens is 10. The van der Waals surface area contributed by atoms with E-state index in [1.165, 1.54) is 72.8 Å². The number of hydrogen-bond donors (Lipinski definition) is 2. The Labute approximate surface area is 795 Å². The van der Waals surface area contributed by atoms with Gasteiger partial charge in [-0.05, 0) is 159 Å². The number of benzene rings is 14. The maximum atomic E-state index is 15.0. The summed E-state index contributed by atoms with van der Waals surface area (Å²) in [6.45, 7) is 7.70. The lowest BCUT2D eigenvalue weighted by Gasteiger charge is -2.32. The molecule has 666 valence electrons. The van der Waals surface area contributed by atoms with Crippen LogP contribution in [0.5, 0.6) is 0 Å². The number of rotatable bonds is 14. The molecule has 0 atom stereocenters. The summed E-state index contributed by atoms with van der Waals surface area (Å²) in [4.78, 5) is 53.6. The smallest absolute Gasteiger partial charge is 0.423 e. The average Bonchev–Trinajstić information content (AvgIpc) is 1.74. The Morgan fingerprint density at radius 3 is 0.844 bits per heavy atom. The van der Waals surface area contributed by atoms with Gasteiger partial charge < -0.3 is 19.4 Å². The Morgan fingerprint density at radius 1 is 0.281 bits per heavy atom. The van der Waals surface area contributed by atoms with E-state index < -0.39 is 54.5 Å². The van der Waals surface area contributed by atoms with E-state index in [0.717, 1.165) is 62.7 Å². The molecule has 0 unspecified atom stereocenters. The molecular formula is C105H76B2Cl4F6N14O4. The zero-order chi connectivity index (χ0) is 94.4. The quantitative estimate of drug-likeness (QED) is 0.0757. The molecule has 4 aromatic heterocycles. The third-order valence-electron chi connectivity index (χ3n) is 20.5. The molecule has 18 aromatic rings. The summed E-state index contributed by atoms with van der Waals surface area (Å²) in [5.74, 6) is 1.60. The summed E-state index contributed by atoms with van der Waals surface area (Å²) in [5, 5.41) is 36.4. The zero-order valence-electron chi connectivity index (χ0n) is 71.4. The predicted molar refractivity (Wildman–Crippen MR) is 519 cm³/mol. The average molecular weight is 1880 g/mol. The first-order chi connectivity index (χ1) is 64.7. The molecule has 14 aromatic carbocycles. The van der Waals surface area contributed by atoms with Gasteiger partial charge in [0, 0.05) is 65.0 Å². The van der Waals surface area contributed by atoms with Crippen molar-refractivity contribution in [3.63, 3.8) is 0 Å². The molecule has 0 saturated carbocycles. The van der Waals surface area contributed by atoms with Gasteiger partial charge in [-0.2, -0.15) is 20.5 Å². The molecule has 18 nitrogen and oxygen atoms in total. The summed E-state index contributed by atoms with van der Waals surface area (Å²) >= 11 is 23.9. The fourth-order valence-corrected chi connectivity index (χ4v) is 13.8. The first-order valence-corrected chi connectivity index (χ1v) is 42.6. The zero-order valence-corrected chi connectivity index (χ0v) is 74.4. The van der Waals surface area contributed by atoms with Gasteiger partial charge in [0.1, 0.15) is 34.9 Å². The fourth-order valence-electron chi connectivity index (χ4n) is 13.1. The predicted octanol–water partition coefficient (Wildman–Crippen LogP) is 24.7. The first kappa shape index (κ1) is 97.3. The summed E-state index contributed by atoms with van der Waals surface area (Å²) in [6, 6.07) is 105. The van der Waals surface area contributed by atoms with Crippen LogP contribution in [0.4, 0.5) is 26.3 Å². The van der Waals surface area contributed by atoms with Crippen molar-refractivity contribution in [2.45, 2.75) is 46.3 Å². The molecule has 0 spiro atoms. The van der Waals surface area contributed by atoms with E-state index in [2.05, 4.69) is 59.8 Å². The third kappa shape index (κ3) is 25.6. The molecule has 2 N–H and O–H groups in total. The number of hydrogen-bond acceptors (Lipinski definition) is 18. The summed E-state index contributed by atoms with van der Waals surface area (Å²) in [6.07, 6.45) is 0. The van der Waals surface area contributed by atoms with Crippen LogP contribution >= 0.6 is 46.4 Å².